The number of nitrogens with zero attached hydrogens (tertiary/aromatic N) is 2. The van der Waals surface area contributed by atoms with Crippen molar-refractivity contribution in [1.82, 2.24) is 9.97 Å². The summed E-state index contributed by atoms with van der Waals surface area (Å²) in [7, 11) is 0. The summed E-state index contributed by atoms with van der Waals surface area (Å²) in [5.41, 5.74) is 2.46. The van der Waals surface area contributed by atoms with Gasteiger partial charge in [-0.1, -0.05) is 13.8 Å². The van der Waals surface area contributed by atoms with Crippen LogP contribution in [0.5, 0.6) is 0 Å². The molecule has 19 heavy (non-hydrogen) atoms. The zero-order chi connectivity index (χ0) is 14.3. The molecule has 4 N–H and O–H groups in total. The molecule has 1 aromatic heterocycles. The summed E-state index contributed by atoms with van der Waals surface area (Å²) in [6.07, 6.45) is -2.44. The molecular weight excluding hydrogens is 256 g/mol. The summed E-state index contributed by atoms with van der Waals surface area (Å²) < 4.78 is 28.4. The molecule has 0 atom stereocenters. The van der Waals surface area contributed by atoms with Gasteiger partial charge in [0.1, 0.15) is 24.1 Å². The highest BCUT2D eigenvalue weighted by Gasteiger charge is 2.07. The Bertz CT molecular complexity index is 389. The molecule has 1 heterocycles. The smallest absolute Gasteiger partial charge is 0.261 e. The molecule has 0 amide bonds. The van der Waals surface area contributed by atoms with Crippen molar-refractivity contribution in [3.63, 3.8) is 0 Å². The van der Waals surface area contributed by atoms with Gasteiger partial charge in [0.05, 0.1) is 6.61 Å². The van der Waals surface area contributed by atoms with Crippen LogP contribution in [0.3, 0.4) is 0 Å². The molecular formula is C11H19F2N5O. The summed E-state index contributed by atoms with van der Waals surface area (Å²) in [4.78, 5) is 8.49. The van der Waals surface area contributed by atoms with Crippen molar-refractivity contribution in [2.45, 2.75) is 26.2 Å². The van der Waals surface area contributed by atoms with Crippen molar-refractivity contribution in [2.24, 2.45) is 5.84 Å². The molecule has 0 aliphatic heterocycles. The molecule has 6 nitrogen and oxygen atoms in total. The fourth-order valence-corrected chi connectivity index (χ4v) is 1.31. The normalized spacial score (nSPS) is 11.1. The lowest BCUT2D eigenvalue weighted by atomic mass is 10.2. The SMILES string of the molecule is CC(C)c1nc(NN)cc(NCCOCC(F)F)n1. The maximum Gasteiger partial charge on any atom is 0.261 e. The molecule has 108 valence electrons. The Labute approximate surface area is 110 Å². The van der Waals surface area contributed by atoms with Crippen molar-refractivity contribution in [1.29, 1.82) is 0 Å². The van der Waals surface area contributed by atoms with Gasteiger partial charge in [-0.2, -0.15) is 0 Å². The van der Waals surface area contributed by atoms with E-state index in [0.29, 0.717) is 24.0 Å². The number of anilines is 2. The highest BCUT2D eigenvalue weighted by atomic mass is 19.3. The fourth-order valence-electron chi connectivity index (χ4n) is 1.31. The third-order valence-corrected chi connectivity index (χ3v) is 2.20. The lowest BCUT2D eigenvalue weighted by molar-refractivity contribution is 0.0215. The third-order valence-electron chi connectivity index (χ3n) is 2.20. The van der Waals surface area contributed by atoms with E-state index in [2.05, 4.69) is 20.7 Å². The van der Waals surface area contributed by atoms with Gasteiger partial charge >= 0.3 is 0 Å². The topological polar surface area (TPSA) is 85.1 Å². The first kappa shape index (κ1) is 15.5. The zero-order valence-corrected chi connectivity index (χ0v) is 11.0. The van der Waals surface area contributed by atoms with Crippen LogP contribution in [0, 0.1) is 0 Å². The van der Waals surface area contributed by atoms with Crippen LogP contribution in [-0.4, -0.2) is 36.2 Å². The van der Waals surface area contributed by atoms with Crippen LogP contribution in [0.1, 0.15) is 25.6 Å². The lowest BCUT2D eigenvalue weighted by Crippen LogP contribution is -2.16. The second kappa shape index (κ2) is 7.80. The van der Waals surface area contributed by atoms with E-state index in [4.69, 9.17) is 10.6 Å². The number of aromatic nitrogens is 2. The van der Waals surface area contributed by atoms with Gasteiger partial charge in [0.15, 0.2) is 0 Å². The second-order valence-electron chi connectivity index (χ2n) is 4.19. The molecule has 0 aliphatic carbocycles. The molecule has 0 aliphatic rings. The Kier molecular flexibility index (Phi) is 6.37. The molecule has 0 bridgehead atoms. The minimum Gasteiger partial charge on any atom is -0.374 e. The number of nitrogens with one attached hydrogen (secondary N) is 2. The predicted octanol–water partition coefficient (Wildman–Crippen LogP) is 1.58. The Hall–Kier alpha value is -1.54. The van der Waals surface area contributed by atoms with Gasteiger partial charge < -0.3 is 15.5 Å². The van der Waals surface area contributed by atoms with Crippen molar-refractivity contribution >= 4 is 11.6 Å². The Morgan fingerprint density at radius 2 is 2.00 bits per heavy atom. The van der Waals surface area contributed by atoms with Crippen molar-refractivity contribution in [2.75, 3.05) is 30.5 Å². The quantitative estimate of drug-likeness (QED) is 0.379. The van der Waals surface area contributed by atoms with E-state index in [9.17, 15) is 8.78 Å². The molecule has 0 aromatic carbocycles. The van der Waals surface area contributed by atoms with Gasteiger partial charge in [0, 0.05) is 18.5 Å². The van der Waals surface area contributed by atoms with Crippen LogP contribution in [0.15, 0.2) is 6.07 Å². The van der Waals surface area contributed by atoms with Crippen LogP contribution in [-0.2, 0) is 4.74 Å². The number of ether oxygens (including phenoxy) is 1. The van der Waals surface area contributed by atoms with Crippen molar-refractivity contribution in [3.8, 4) is 0 Å². The molecule has 1 aromatic rings. The maximum atomic E-state index is 11.8. The number of hydrazine groups is 1. The van der Waals surface area contributed by atoms with Crippen LogP contribution >= 0.6 is 0 Å². The number of nitrogens with two attached hydrogens (primary N) is 1. The monoisotopic (exact) mass is 275 g/mol. The predicted molar refractivity (Wildman–Crippen MR) is 69.2 cm³/mol. The average molecular weight is 275 g/mol. The van der Waals surface area contributed by atoms with Gasteiger partial charge in [-0.25, -0.2) is 24.6 Å². The minimum absolute atomic E-state index is 0.156. The van der Waals surface area contributed by atoms with Gasteiger partial charge in [-0.05, 0) is 0 Å². The second-order valence-corrected chi connectivity index (χ2v) is 4.19. The first-order valence-corrected chi connectivity index (χ1v) is 5.98. The van der Waals surface area contributed by atoms with E-state index in [1.807, 2.05) is 13.8 Å². The maximum absolute atomic E-state index is 11.8. The van der Waals surface area contributed by atoms with E-state index in [1.165, 1.54) is 0 Å². The van der Waals surface area contributed by atoms with E-state index >= 15 is 0 Å². The molecule has 0 spiro atoms. The van der Waals surface area contributed by atoms with Gasteiger partial charge in [0.25, 0.3) is 6.43 Å². The summed E-state index contributed by atoms with van der Waals surface area (Å²) in [5.74, 6) is 7.19. The highest BCUT2D eigenvalue weighted by molar-refractivity contribution is 5.47. The Morgan fingerprint density at radius 3 is 2.58 bits per heavy atom. The standard InChI is InChI=1S/C11H19F2N5O/c1-7(2)11-16-9(5-10(17-11)18-14)15-3-4-19-6-8(12)13/h5,7-8H,3-4,6,14H2,1-2H3,(H2,15,16,17,18). The molecule has 1 rings (SSSR count). The number of nitrogen functional groups attached to an aromatic ring is 1. The lowest BCUT2D eigenvalue weighted by Gasteiger charge is -2.11. The first-order valence-electron chi connectivity index (χ1n) is 5.98. The highest BCUT2D eigenvalue weighted by Crippen LogP contribution is 2.16. The number of alkyl halides is 2. The minimum atomic E-state index is -2.44. The Morgan fingerprint density at radius 1 is 1.32 bits per heavy atom. The molecule has 0 fully saturated rings. The Balaban J connectivity index is 2.50. The molecule has 0 unspecified atom stereocenters. The van der Waals surface area contributed by atoms with E-state index in [-0.39, 0.29) is 12.5 Å². The number of rotatable bonds is 8. The van der Waals surface area contributed by atoms with Crippen LogP contribution in [0.2, 0.25) is 0 Å². The summed E-state index contributed by atoms with van der Waals surface area (Å²) in [6, 6.07) is 1.64. The summed E-state index contributed by atoms with van der Waals surface area (Å²) in [5, 5.41) is 2.97. The van der Waals surface area contributed by atoms with Crippen LogP contribution < -0.4 is 16.6 Å². The zero-order valence-electron chi connectivity index (χ0n) is 11.0. The largest absolute Gasteiger partial charge is 0.374 e. The van der Waals surface area contributed by atoms with Gasteiger partial charge in [-0.15, -0.1) is 0 Å². The van der Waals surface area contributed by atoms with E-state index < -0.39 is 13.0 Å². The van der Waals surface area contributed by atoms with Crippen molar-refractivity contribution < 1.29 is 13.5 Å². The average Bonchev–Trinajstić information content (AvgIpc) is 2.37. The van der Waals surface area contributed by atoms with Crippen molar-refractivity contribution in [3.05, 3.63) is 11.9 Å². The summed E-state index contributed by atoms with van der Waals surface area (Å²) >= 11 is 0. The third kappa shape index (κ3) is 5.75. The van der Waals surface area contributed by atoms with E-state index in [1.54, 1.807) is 6.07 Å². The van der Waals surface area contributed by atoms with Gasteiger partial charge in [0.2, 0.25) is 0 Å². The first-order chi connectivity index (χ1) is 9.02. The van der Waals surface area contributed by atoms with Crippen LogP contribution in [0.25, 0.3) is 0 Å². The molecule has 0 saturated carbocycles. The molecule has 0 radical (unpaired) electrons. The van der Waals surface area contributed by atoms with Gasteiger partial charge in [-0.3, -0.25) is 0 Å². The fraction of sp³-hybridized carbons (Fsp3) is 0.636. The van der Waals surface area contributed by atoms with Crippen LogP contribution in [0.4, 0.5) is 20.4 Å². The molecule has 8 heteroatoms. The van der Waals surface area contributed by atoms with E-state index in [0.717, 1.165) is 0 Å². The molecule has 0 saturated heterocycles. The number of halogens is 2. The number of hydrogen-bond donors (Lipinski definition) is 3. The number of hydrogen-bond acceptors (Lipinski definition) is 6. The summed E-state index contributed by atoms with van der Waals surface area (Å²) in [6.45, 7) is 3.93.